The largest absolute Gasteiger partial charge is 0.454 e. The van der Waals surface area contributed by atoms with Crippen LogP contribution in [-0.4, -0.2) is 0 Å². The molecule has 0 unspecified atom stereocenters. The topological polar surface area (TPSA) is 32.8 Å². The number of nitrogens with zero attached hydrogens (tertiary/aromatic N) is 2. The second-order valence-corrected chi connectivity index (χ2v) is 32.5. The van der Waals surface area contributed by atoms with Gasteiger partial charge < -0.3 is 18.6 Å². The average molecular weight is 1280 g/mol. The van der Waals surface area contributed by atoms with Crippen LogP contribution in [0.1, 0.15) is 95.9 Å². The zero-order chi connectivity index (χ0) is 64.1. The summed E-state index contributed by atoms with van der Waals surface area (Å²) in [6, 6.07) is 91.7. The number of furan rings is 2. The molecule has 1 spiro atoms. The van der Waals surface area contributed by atoms with E-state index in [2.05, 4.69) is 294 Å². The molecule has 4 saturated carbocycles. The van der Waals surface area contributed by atoms with Crippen molar-refractivity contribution in [3.8, 4) is 33.4 Å². The molecular weight excluding hydrogens is 1210 g/mol. The highest BCUT2D eigenvalue weighted by Gasteiger charge is 2.62. The van der Waals surface area contributed by atoms with Gasteiger partial charge in [0.25, 0.3) is 0 Å². The first-order chi connectivity index (χ1) is 46.8. The summed E-state index contributed by atoms with van der Waals surface area (Å²) in [5.41, 5.74) is 23.1. The maximum absolute atomic E-state index is 7.44. The van der Waals surface area contributed by atoms with E-state index in [4.69, 9.17) is 8.83 Å². The summed E-state index contributed by atoms with van der Waals surface area (Å²) < 4.78 is 19.9. The van der Waals surface area contributed by atoms with Crippen molar-refractivity contribution in [1.82, 2.24) is 0 Å². The number of benzene rings is 12. The van der Waals surface area contributed by atoms with Crippen molar-refractivity contribution in [3.05, 3.63) is 265 Å². The highest BCUT2D eigenvalue weighted by molar-refractivity contribution is 7.26. The van der Waals surface area contributed by atoms with Gasteiger partial charge in [0.2, 0.25) is 0 Å². The SMILES string of the molecule is CC(C)(C)c1cccc2c1oc1c(N(c3cccc(-c4ccccc4)c3)c3ccc4c(c3)sc3cc5c(cc34)C3(c4cc(N(c6cccc(-c7ccccc7)c6)c6cccc7c6oc6c(C(C)(C)C)cccc67)c6sc7ccccc7c6c4-5)C4CC5CC(C4)CC3C5)cccc12. The number of anilines is 6. The van der Waals surface area contributed by atoms with Crippen molar-refractivity contribution in [1.29, 1.82) is 0 Å². The molecular formula is C90H72N2O2S2. The number of hydrogen-bond donors (Lipinski definition) is 0. The molecule has 0 atom stereocenters. The molecule has 21 rings (SSSR count). The molecule has 0 amide bonds. The molecule has 5 aliphatic carbocycles. The van der Waals surface area contributed by atoms with Crippen LogP contribution in [0.15, 0.2) is 251 Å². The molecule has 0 saturated heterocycles. The molecule has 4 aromatic heterocycles. The van der Waals surface area contributed by atoms with E-state index in [0.717, 1.165) is 84.1 Å². The summed E-state index contributed by atoms with van der Waals surface area (Å²) in [5, 5.41) is 9.97. The lowest BCUT2D eigenvalue weighted by Crippen LogP contribution is -2.55. The number of thiophene rings is 2. The quantitative estimate of drug-likeness (QED) is 0.152. The lowest BCUT2D eigenvalue weighted by Gasteiger charge is -2.61. The van der Waals surface area contributed by atoms with Crippen LogP contribution >= 0.6 is 22.7 Å². The van der Waals surface area contributed by atoms with Gasteiger partial charge in [-0.2, -0.15) is 0 Å². The standard InChI is InChI=1S/C90H72N2O2S2/c1-88(2,3)71-34-17-30-64-66-32-19-36-75(85(66)93-83(64)71)91(60-27-15-25-56(46-60)54-21-9-7-10-22-54)62-39-40-63-69-49-73-70(50-80(69)95-79(63)48-62)81-74(90(73)58-42-52-41-53(44-58)45-59(90)43-52)51-77(87-82(81)68-29-13-14-38-78(68)96-87)92(61-28-16-26-57(47-61)55-23-11-8-12-24-55)76-37-20-33-67-65-31-18-35-72(89(4,5)6)84(65)94-86(67)76/h7-40,46-53,58-59H,41-45H2,1-6H3. The van der Waals surface area contributed by atoms with Crippen molar-refractivity contribution in [2.75, 3.05) is 9.80 Å². The fraction of sp³-hybridized carbons (Fsp3) is 0.200. The van der Waals surface area contributed by atoms with Gasteiger partial charge in [-0.1, -0.05) is 211 Å². The molecule has 0 aliphatic heterocycles. The third kappa shape index (κ3) is 8.24. The Morgan fingerprint density at radius 2 is 0.844 bits per heavy atom. The maximum atomic E-state index is 7.44. The second kappa shape index (κ2) is 20.6. The second-order valence-electron chi connectivity index (χ2n) is 30.4. The Labute approximate surface area is 567 Å². The van der Waals surface area contributed by atoms with Crippen molar-refractivity contribution in [2.24, 2.45) is 23.7 Å². The molecule has 0 N–H and O–H groups in total. The summed E-state index contributed by atoms with van der Waals surface area (Å²) >= 11 is 3.91. The van der Waals surface area contributed by atoms with Crippen LogP contribution in [0.3, 0.4) is 0 Å². The summed E-state index contributed by atoms with van der Waals surface area (Å²) in [6.07, 6.45) is 6.51. The van der Waals surface area contributed by atoms with E-state index in [0.29, 0.717) is 11.8 Å². The summed E-state index contributed by atoms with van der Waals surface area (Å²) in [4.78, 5) is 5.06. The van der Waals surface area contributed by atoms with Crippen LogP contribution < -0.4 is 9.80 Å². The Balaban J connectivity index is 0.831. The lowest BCUT2D eigenvalue weighted by atomic mass is 9.43. The lowest BCUT2D eigenvalue weighted by molar-refractivity contribution is -0.0398. The predicted octanol–water partition coefficient (Wildman–Crippen LogP) is 26.8. The van der Waals surface area contributed by atoms with Crippen LogP contribution in [0.25, 0.3) is 118 Å². The maximum Gasteiger partial charge on any atom is 0.159 e. The van der Waals surface area contributed by atoms with Crippen molar-refractivity contribution in [3.63, 3.8) is 0 Å². The monoisotopic (exact) mass is 1280 g/mol. The van der Waals surface area contributed by atoms with Crippen LogP contribution in [0.2, 0.25) is 0 Å². The molecule has 16 aromatic rings. The first-order valence-electron chi connectivity index (χ1n) is 34.6. The fourth-order valence-electron chi connectivity index (χ4n) is 19.0. The summed E-state index contributed by atoms with van der Waals surface area (Å²) in [7, 11) is 0. The molecule has 96 heavy (non-hydrogen) atoms. The predicted molar refractivity (Wildman–Crippen MR) is 408 cm³/mol. The Kier molecular flexibility index (Phi) is 12.2. The van der Waals surface area contributed by atoms with Crippen molar-refractivity contribution < 1.29 is 8.83 Å². The molecule has 12 aromatic carbocycles. The van der Waals surface area contributed by atoms with Gasteiger partial charge in [-0.25, -0.2) is 0 Å². The van der Waals surface area contributed by atoms with E-state index >= 15 is 0 Å². The van der Waals surface area contributed by atoms with Gasteiger partial charge in [0.05, 0.1) is 21.8 Å². The van der Waals surface area contributed by atoms with E-state index in [1.54, 1.807) is 11.1 Å². The van der Waals surface area contributed by atoms with Crippen LogP contribution in [0.4, 0.5) is 34.1 Å². The first kappa shape index (κ1) is 56.6. The minimum Gasteiger partial charge on any atom is -0.454 e. The van der Waals surface area contributed by atoms with Crippen molar-refractivity contribution in [2.45, 2.75) is 89.9 Å². The first-order valence-corrected chi connectivity index (χ1v) is 36.3. The number of fused-ring (bicyclic) bond motifs is 16. The van der Waals surface area contributed by atoms with E-state index < -0.39 is 0 Å². The Morgan fingerprint density at radius 3 is 1.44 bits per heavy atom. The number of para-hydroxylation sites is 4. The smallest absolute Gasteiger partial charge is 0.159 e. The highest BCUT2D eigenvalue weighted by atomic mass is 32.1. The van der Waals surface area contributed by atoms with Gasteiger partial charge >= 0.3 is 0 Å². The van der Waals surface area contributed by atoms with Gasteiger partial charge in [-0.05, 0) is 184 Å². The third-order valence-corrected chi connectivity index (χ3v) is 25.1. The Morgan fingerprint density at radius 1 is 0.354 bits per heavy atom. The zero-order valence-electron chi connectivity index (χ0n) is 55.0. The van der Waals surface area contributed by atoms with E-state index in [1.807, 2.05) is 22.7 Å². The van der Waals surface area contributed by atoms with Gasteiger partial charge in [0.15, 0.2) is 11.2 Å². The van der Waals surface area contributed by atoms with E-state index in [9.17, 15) is 0 Å². The summed E-state index contributed by atoms with van der Waals surface area (Å²) in [5.74, 6) is 2.62. The number of hydrogen-bond acceptors (Lipinski definition) is 6. The molecule has 4 nitrogen and oxygen atoms in total. The van der Waals surface area contributed by atoms with Gasteiger partial charge in [-0.3, -0.25) is 0 Å². The van der Waals surface area contributed by atoms with Crippen LogP contribution in [-0.2, 0) is 16.2 Å². The third-order valence-electron chi connectivity index (χ3n) is 22.8. The van der Waals surface area contributed by atoms with Crippen molar-refractivity contribution >= 4 is 141 Å². The Hall–Kier alpha value is -9.72. The minimum atomic E-state index is -0.171. The fourth-order valence-corrected chi connectivity index (χ4v) is 21.4. The van der Waals surface area contributed by atoms with Gasteiger partial charge in [0.1, 0.15) is 11.2 Å². The molecule has 466 valence electrons. The Bertz CT molecular complexity index is 5880. The van der Waals surface area contributed by atoms with Crippen LogP contribution in [0, 0.1) is 23.7 Å². The van der Waals surface area contributed by atoms with E-state index in [1.165, 1.54) is 123 Å². The number of rotatable bonds is 8. The molecule has 4 bridgehead atoms. The van der Waals surface area contributed by atoms with Gasteiger partial charge in [0, 0.05) is 90.8 Å². The minimum absolute atomic E-state index is 0.102. The molecule has 0 radical (unpaired) electrons. The average Bonchev–Trinajstić information content (AvgIpc) is 1.46. The van der Waals surface area contributed by atoms with Gasteiger partial charge in [-0.15, -0.1) is 22.7 Å². The summed E-state index contributed by atoms with van der Waals surface area (Å²) in [6.45, 7) is 13.7. The zero-order valence-corrected chi connectivity index (χ0v) is 56.6. The highest BCUT2D eigenvalue weighted by Crippen LogP contribution is 2.72. The van der Waals surface area contributed by atoms with Crippen LogP contribution in [0.5, 0.6) is 0 Å². The molecule has 5 aliphatic rings. The normalized spacial score (nSPS) is 19.0. The molecule has 4 heterocycles. The van der Waals surface area contributed by atoms with E-state index in [-0.39, 0.29) is 16.2 Å². The molecule has 6 heteroatoms. The molecule has 4 fully saturated rings.